The maximum atomic E-state index is 14.5. The Morgan fingerprint density at radius 2 is 1.86 bits per heavy atom. The Bertz CT molecular complexity index is 1130. The number of H-pyrrole nitrogens is 1. The fourth-order valence-corrected chi connectivity index (χ4v) is 6.53. The number of aromatic nitrogens is 2. The second-order valence-electron chi connectivity index (χ2n) is 7.24. The van der Waals surface area contributed by atoms with E-state index in [-0.39, 0.29) is 16.6 Å². The lowest BCUT2D eigenvalue weighted by Gasteiger charge is -2.30. The number of hydrogen-bond donors (Lipinski definition) is 2. The first-order chi connectivity index (χ1) is 13.4. The lowest BCUT2D eigenvalue weighted by Crippen LogP contribution is -2.34. The molecular formula is C20H21FN3O3P. The molecule has 1 aromatic heterocycles. The van der Waals surface area contributed by atoms with Crippen molar-refractivity contribution in [3.63, 3.8) is 0 Å². The van der Waals surface area contributed by atoms with E-state index in [0.717, 1.165) is 0 Å². The van der Waals surface area contributed by atoms with Gasteiger partial charge >= 0.3 is 0 Å². The van der Waals surface area contributed by atoms with E-state index in [2.05, 4.69) is 15.1 Å². The van der Waals surface area contributed by atoms with Crippen molar-refractivity contribution < 1.29 is 14.1 Å². The smallest absolute Gasteiger partial charge is 0.272 e. The molecule has 1 aliphatic heterocycles. The molecule has 0 radical (unpaired) electrons. The van der Waals surface area contributed by atoms with Crippen LogP contribution in [0, 0.1) is 5.82 Å². The number of rotatable bonds is 3. The standard InChI is InChI=1S/C20H21FN3O3P/c1-24-8-10-28(27,11-9-24)17-12-13(6-7-16(17)21)19(25)18-14-4-2-3-5-15(14)20(26)23-22-18/h2-7,12,19,25H,8-11H2,1H3,(H,23,26). The zero-order chi connectivity index (χ0) is 19.9. The summed E-state index contributed by atoms with van der Waals surface area (Å²) in [6.45, 7) is 1.30. The molecular weight excluding hydrogens is 380 g/mol. The summed E-state index contributed by atoms with van der Waals surface area (Å²) in [6, 6.07) is 11.1. The van der Waals surface area contributed by atoms with E-state index in [4.69, 9.17) is 0 Å². The van der Waals surface area contributed by atoms with Gasteiger partial charge in [0.15, 0.2) is 0 Å². The SMILES string of the molecule is CN1CCP(=O)(c2cc(C(O)c3n[nH]c(=O)c4ccccc34)ccc2F)CC1. The summed E-state index contributed by atoms with van der Waals surface area (Å²) in [4.78, 5) is 14.0. The van der Waals surface area contributed by atoms with Crippen molar-refractivity contribution in [1.82, 2.24) is 15.1 Å². The second kappa shape index (κ2) is 7.24. The van der Waals surface area contributed by atoms with Gasteiger partial charge in [-0.3, -0.25) is 4.79 Å². The van der Waals surface area contributed by atoms with Crippen molar-refractivity contribution in [2.24, 2.45) is 0 Å². The molecule has 2 N–H and O–H groups in total. The molecule has 28 heavy (non-hydrogen) atoms. The van der Waals surface area contributed by atoms with Gasteiger partial charge in [-0.15, -0.1) is 0 Å². The van der Waals surface area contributed by atoms with Crippen molar-refractivity contribution in [3.8, 4) is 0 Å². The van der Waals surface area contributed by atoms with E-state index in [0.29, 0.717) is 41.7 Å². The monoisotopic (exact) mass is 401 g/mol. The van der Waals surface area contributed by atoms with Crippen LogP contribution in [0.1, 0.15) is 17.4 Å². The molecule has 6 nitrogen and oxygen atoms in total. The van der Waals surface area contributed by atoms with Crippen LogP contribution < -0.4 is 10.9 Å². The highest BCUT2D eigenvalue weighted by Crippen LogP contribution is 2.47. The van der Waals surface area contributed by atoms with E-state index >= 15 is 0 Å². The molecule has 3 aromatic rings. The molecule has 1 aliphatic rings. The molecule has 4 rings (SSSR count). The van der Waals surface area contributed by atoms with Gasteiger partial charge in [0.05, 0.1) is 5.39 Å². The molecule has 1 saturated heterocycles. The minimum absolute atomic E-state index is 0.186. The molecule has 2 aromatic carbocycles. The van der Waals surface area contributed by atoms with Crippen LogP contribution in [0.4, 0.5) is 4.39 Å². The zero-order valence-electron chi connectivity index (χ0n) is 15.4. The Hall–Kier alpha value is -2.34. The normalized spacial score (nSPS) is 18.2. The summed E-state index contributed by atoms with van der Waals surface area (Å²) in [5, 5.41) is 18.5. The number of benzene rings is 2. The Morgan fingerprint density at radius 1 is 1.18 bits per heavy atom. The van der Waals surface area contributed by atoms with Crippen molar-refractivity contribution in [2.45, 2.75) is 6.10 Å². The summed E-state index contributed by atoms with van der Waals surface area (Å²) >= 11 is 0. The summed E-state index contributed by atoms with van der Waals surface area (Å²) in [7, 11) is -0.910. The van der Waals surface area contributed by atoms with Crippen molar-refractivity contribution in [2.75, 3.05) is 32.5 Å². The first kappa shape index (κ1) is 19.0. The fraction of sp³-hybridized carbons (Fsp3) is 0.300. The first-order valence-corrected chi connectivity index (χ1v) is 11.2. The van der Waals surface area contributed by atoms with E-state index in [1.54, 1.807) is 24.3 Å². The minimum atomic E-state index is -2.86. The molecule has 0 bridgehead atoms. The zero-order valence-corrected chi connectivity index (χ0v) is 16.3. The number of aromatic amines is 1. The molecule has 0 saturated carbocycles. The van der Waals surface area contributed by atoms with Crippen molar-refractivity contribution >= 4 is 23.2 Å². The lowest BCUT2D eigenvalue weighted by atomic mass is 10.0. The van der Waals surface area contributed by atoms with Crippen molar-refractivity contribution in [1.29, 1.82) is 0 Å². The highest BCUT2D eigenvalue weighted by molar-refractivity contribution is 7.71. The van der Waals surface area contributed by atoms with E-state index < -0.39 is 19.1 Å². The highest BCUT2D eigenvalue weighted by atomic mass is 31.2. The van der Waals surface area contributed by atoms with Gasteiger partial charge in [-0.1, -0.05) is 24.3 Å². The number of nitrogens with one attached hydrogen (secondary N) is 1. The largest absolute Gasteiger partial charge is 0.382 e. The van der Waals surface area contributed by atoms with E-state index in [1.165, 1.54) is 18.2 Å². The maximum absolute atomic E-state index is 14.5. The van der Waals surface area contributed by atoms with Crippen LogP contribution in [0.15, 0.2) is 47.3 Å². The van der Waals surface area contributed by atoms with Crippen LogP contribution in [0.5, 0.6) is 0 Å². The van der Waals surface area contributed by atoms with Gasteiger partial charge in [0.2, 0.25) is 0 Å². The number of fused-ring (bicyclic) bond motifs is 1. The van der Waals surface area contributed by atoms with Gasteiger partial charge < -0.3 is 14.6 Å². The Balaban J connectivity index is 1.78. The first-order valence-electron chi connectivity index (χ1n) is 9.11. The Morgan fingerprint density at radius 3 is 2.57 bits per heavy atom. The minimum Gasteiger partial charge on any atom is -0.382 e. The molecule has 0 aliphatic carbocycles. The van der Waals surface area contributed by atoms with Gasteiger partial charge in [0, 0.05) is 36.1 Å². The van der Waals surface area contributed by atoms with Crippen LogP contribution in [-0.2, 0) is 4.57 Å². The lowest BCUT2D eigenvalue weighted by molar-refractivity contribution is 0.216. The summed E-state index contributed by atoms with van der Waals surface area (Å²) in [5.74, 6) is -0.511. The third-order valence-corrected chi connectivity index (χ3v) is 8.46. The Kier molecular flexibility index (Phi) is 4.91. The average Bonchev–Trinajstić information content (AvgIpc) is 2.71. The number of nitrogens with zero attached hydrogens (tertiary/aromatic N) is 2. The van der Waals surface area contributed by atoms with Crippen LogP contribution in [0.3, 0.4) is 0 Å². The van der Waals surface area contributed by atoms with E-state index in [9.17, 15) is 18.9 Å². The topological polar surface area (TPSA) is 86.3 Å². The molecule has 0 amide bonds. The molecule has 1 atom stereocenters. The van der Waals surface area contributed by atoms with Gasteiger partial charge in [0.1, 0.15) is 24.8 Å². The number of aliphatic hydroxyl groups excluding tert-OH is 1. The third kappa shape index (κ3) is 3.30. The van der Waals surface area contributed by atoms with Crippen LogP contribution in [0.2, 0.25) is 0 Å². The average molecular weight is 401 g/mol. The molecule has 0 spiro atoms. The van der Waals surface area contributed by atoms with Gasteiger partial charge in [-0.05, 0) is 30.8 Å². The predicted octanol–water partition coefficient (Wildman–Crippen LogP) is 2.08. The van der Waals surface area contributed by atoms with Crippen LogP contribution >= 0.6 is 7.14 Å². The summed E-state index contributed by atoms with van der Waals surface area (Å²) in [6.07, 6.45) is -0.347. The predicted molar refractivity (Wildman–Crippen MR) is 107 cm³/mol. The Labute approximate surface area is 161 Å². The quantitative estimate of drug-likeness (QED) is 0.657. The third-order valence-electron chi connectivity index (χ3n) is 5.40. The maximum Gasteiger partial charge on any atom is 0.272 e. The van der Waals surface area contributed by atoms with Gasteiger partial charge in [-0.2, -0.15) is 5.10 Å². The molecule has 1 fully saturated rings. The molecule has 1 unspecified atom stereocenters. The number of halogens is 1. The van der Waals surface area contributed by atoms with Crippen LogP contribution in [-0.4, -0.2) is 52.7 Å². The highest BCUT2D eigenvalue weighted by Gasteiger charge is 2.32. The molecule has 8 heteroatoms. The molecule has 146 valence electrons. The number of aliphatic hydroxyl groups is 1. The van der Waals surface area contributed by atoms with Gasteiger partial charge in [-0.25, -0.2) is 9.49 Å². The van der Waals surface area contributed by atoms with Gasteiger partial charge in [0.25, 0.3) is 5.56 Å². The van der Waals surface area contributed by atoms with E-state index in [1.807, 2.05) is 7.05 Å². The van der Waals surface area contributed by atoms with Crippen LogP contribution in [0.25, 0.3) is 10.8 Å². The summed E-state index contributed by atoms with van der Waals surface area (Å²) < 4.78 is 27.9. The number of hydrogen-bond acceptors (Lipinski definition) is 5. The summed E-state index contributed by atoms with van der Waals surface area (Å²) in [5.41, 5.74) is 0.326. The fourth-order valence-electron chi connectivity index (χ4n) is 3.64. The molecule has 2 heterocycles. The second-order valence-corrected chi connectivity index (χ2v) is 10.4. The van der Waals surface area contributed by atoms with Crippen molar-refractivity contribution in [3.05, 3.63) is 69.9 Å².